The third kappa shape index (κ3) is 3.84. The monoisotopic (exact) mass is 330 g/mol. The summed E-state index contributed by atoms with van der Waals surface area (Å²) < 4.78 is 11.2. The van der Waals surface area contributed by atoms with Crippen molar-refractivity contribution in [2.24, 2.45) is 0 Å². The van der Waals surface area contributed by atoms with Gasteiger partial charge in [0.2, 0.25) is 5.89 Å². The number of nitrogens with zero attached hydrogens (tertiary/aromatic N) is 4. The Morgan fingerprint density at radius 1 is 1.17 bits per heavy atom. The Labute approximate surface area is 141 Å². The van der Waals surface area contributed by atoms with E-state index in [0.717, 1.165) is 0 Å². The minimum absolute atomic E-state index is 0.00750. The van der Waals surface area contributed by atoms with Crippen molar-refractivity contribution in [1.82, 2.24) is 15.1 Å². The zero-order valence-electron chi connectivity index (χ0n) is 14.0. The first-order chi connectivity index (χ1) is 11.6. The lowest BCUT2D eigenvalue weighted by Gasteiger charge is -2.33. The number of carbonyl (C=O) groups is 1. The molecule has 7 nitrogen and oxygen atoms in total. The highest BCUT2D eigenvalue weighted by atomic mass is 16.5. The maximum atomic E-state index is 12.2. The molecule has 2 heterocycles. The van der Waals surface area contributed by atoms with Crippen molar-refractivity contribution in [2.75, 3.05) is 37.7 Å². The van der Waals surface area contributed by atoms with Gasteiger partial charge in [-0.15, -0.1) is 5.10 Å². The van der Waals surface area contributed by atoms with E-state index in [1.807, 2.05) is 49.1 Å². The van der Waals surface area contributed by atoms with Gasteiger partial charge >= 0.3 is 6.01 Å². The van der Waals surface area contributed by atoms with Crippen molar-refractivity contribution < 1.29 is 13.9 Å². The number of anilines is 1. The van der Waals surface area contributed by atoms with Gasteiger partial charge in [-0.05, 0) is 12.1 Å². The molecule has 1 amide bonds. The van der Waals surface area contributed by atoms with Crippen LogP contribution in [0.4, 0.5) is 6.01 Å². The molecular formula is C17H22N4O3. The van der Waals surface area contributed by atoms with Crippen LogP contribution in [-0.2, 0) is 4.79 Å². The average Bonchev–Trinajstić information content (AvgIpc) is 3.11. The molecule has 2 aromatic rings. The van der Waals surface area contributed by atoms with Gasteiger partial charge in [-0.3, -0.25) is 4.79 Å². The van der Waals surface area contributed by atoms with Crippen LogP contribution in [0.15, 0.2) is 34.7 Å². The topological polar surface area (TPSA) is 71.7 Å². The zero-order chi connectivity index (χ0) is 16.9. The van der Waals surface area contributed by atoms with Gasteiger partial charge in [0.15, 0.2) is 6.61 Å². The molecule has 0 aliphatic carbocycles. The number of ether oxygens (including phenoxy) is 1. The van der Waals surface area contributed by atoms with Gasteiger partial charge in [0.05, 0.1) is 0 Å². The van der Waals surface area contributed by atoms with Crippen molar-refractivity contribution in [3.63, 3.8) is 0 Å². The summed E-state index contributed by atoms with van der Waals surface area (Å²) in [7, 11) is 0. The standard InChI is InChI=1S/C17H22N4O3/c1-13(2)16-18-19-17(24-16)21-10-8-20(9-11-21)15(22)12-23-14-6-4-3-5-7-14/h3-7,13H,8-12H2,1-2H3. The largest absolute Gasteiger partial charge is 0.484 e. The molecule has 0 N–H and O–H groups in total. The number of rotatable bonds is 5. The summed E-state index contributed by atoms with van der Waals surface area (Å²) in [6, 6.07) is 9.89. The molecular weight excluding hydrogens is 308 g/mol. The molecule has 1 aliphatic rings. The Bertz CT molecular complexity index is 663. The Kier molecular flexibility index (Phi) is 4.98. The van der Waals surface area contributed by atoms with Crippen molar-refractivity contribution in [2.45, 2.75) is 19.8 Å². The van der Waals surface area contributed by atoms with Crippen LogP contribution >= 0.6 is 0 Å². The van der Waals surface area contributed by atoms with Gasteiger partial charge in [-0.25, -0.2) is 0 Å². The summed E-state index contributed by atoms with van der Waals surface area (Å²) in [6.45, 7) is 6.68. The minimum Gasteiger partial charge on any atom is -0.484 e. The number of hydrogen-bond acceptors (Lipinski definition) is 6. The van der Waals surface area contributed by atoms with Crippen LogP contribution in [0.25, 0.3) is 0 Å². The number of piperazine rings is 1. The maximum absolute atomic E-state index is 12.2. The molecule has 0 unspecified atom stereocenters. The van der Waals surface area contributed by atoms with E-state index in [4.69, 9.17) is 9.15 Å². The Morgan fingerprint density at radius 3 is 2.50 bits per heavy atom. The smallest absolute Gasteiger partial charge is 0.318 e. The molecule has 3 rings (SSSR count). The Morgan fingerprint density at radius 2 is 1.88 bits per heavy atom. The van der Waals surface area contributed by atoms with Crippen LogP contribution < -0.4 is 9.64 Å². The third-order valence-electron chi connectivity index (χ3n) is 3.93. The Balaban J connectivity index is 1.48. The first-order valence-electron chi connectivity index (χ1n) is 8.17. The summed E-state index contributed by atoms with van der Waals surface area (Å²) in [5.74, 6) is 1.55. The summed E-state index contributed by atoms with van der Waals surface area (Å²) in [4.78, 5) is 16.1. The molecule has 0 bridgehead atoms. The fraction of sp³-hybridized carbons (Fsp3) is 0.471. The van der Waals surface area contributed by atoms with E-state index in [1.54, 1.807) is 4.90 Å². The molecule has 1 aliphatic heterocycles. The second-order valence-electron chi connectivity index (χ2n) is 6.05. The third-order valence-corrected chi connectivity index (χ3v) is 3.93. The molecule has 1 fully saturated rings. The molecule has 7 heteroatoms. The van der Waals surface area contributed by atoms with Crippen LogP contribution in [0.5, 0.6) is 5.75 Å². The fourth-order valence-electron chi connectivity index (χ4n) is 2.49. The van der Waals surface area contributed by atoms with E-state index >= 15 is 0 Å². The first kappa shape index (κ1) is 16.3. The quantitative estimate of drug-likeness (QED) is 0.834. The summed E-state index contributed by atoms with van der Waals surface area (Å²) in [5, 5.41) is 8.14. The fourth-order valence-corrected chi connectivity index (χ4v) is 2.49. The van der Waals surface area contributed by atoms with Gasteiger partial charge in [0.25, 0.3) is 5.91 Å². The molecule has 0 saturated carbocycles. The first-order valence-corrected chi connectivity index (χ1v) is 8.17. The lowest BCUT2D eigenvalue weighted by Crippen LogP contribution is -2.50. The van der Waals surface area contributed by atoms with Crippen molar-refractivity contribution in [3.8, 4) is 5.75 Å². The number of hydrogen-bond donors (Lipinski definition) is 0. The molecule has 1 aromatic carbocycles. The van der Waals surface area contributed by atoms with E-state index in [1.165, 1.54) is 0 Å². The molecule has 24 heavy (non-hydrogen) atoms. The van der Waals surface area contributed by atoms with E-state index in [-0.39, 0.29) is 18.4 Å². The van der Waals surface area contributed by atoms with Gasteiger partial charge in [-0.1, -0.05) is 37.1 Å². The van der Waals surface area contributed by atoms with Crippen LogP contribution in [0.3, 0.4) is 0 Å². The van der Waals surface area contributed by atoms with Gasteiger partial charge in [0, 0.05) is 32.1 Å². The summed E-state index contributed by atoms with van der Waals surface area (Å²) in [5.41, 5.74) is 0. The second kappa shape index (κ2) is 7.33. The molecule has 0 radical (unpaired) electrons. The van der Waals surface area contributed by atoms with Crippen LogP contribution in [0, 0.1) is 0 Å². The summed E-state index contributed by atoms with van der Waals surface area (Å²) >= 11 is 0. The van der Waals surface area contributed by atoms with E-state index in [2.05, 4.69) is 10.2 Å². The highest BCUT2D eigenvalue weighted by molar-refractivity contribution is 5.78. The lowest BCUT2D eigenvalue weighted by atomic mass is 10.2. The van der Waals surface area contributed by atoms with E-state index in [0.29, 0.717) is 43.8 Å². The summed E-state index contributed by atoms with van der Waals surface area (Å²) in [6.07, 6.45) is 0. The van der Waals surface area contributed by atoms with Gasteiger partial charge in [-0.2, -0.15) is 0 Å². The lowest BCUT2D eigenvalue weighted by molar-refractivity contribution is -0.133. The Hall–Kier alpha value is -2.57. The SMILES string of the molecule is CC(C)c1nnc(N2CCN(C(=O)COc3ccccc3)CC2)o1. The minimum atomic E-state index is -0.00750. The van der Waals surface area contributed by atoms with Crippen LogP contribution in [0.2, 0.25) is 0 Å². The number of carbonyl (C=O) groups excluding carboxylic acids is 1. The normalized spacial score (nSPS) is 15.0. The predicted molar refractivity (Wildman–Crippen MR) is 89.1 cm³/mol. The number of amides is 1. The zero-order valence-corrected chi connectivity index (χ0v) is 14.0. The predicted octanol–water partition coefficient (Wildman–Crippen LogP) is 1.92. The maximum Gasteiger partial charge on any atom is 0.318 e. The number of benzene rings is 1. The van der Waals surface area contributed by atoms with Gasteiger partial charge < -0.3 is 19.0 Å². The highest BCUT2D eigenvalue weighted by Crippen LogP contribution is 2.19. The molecule has 0 atom stereocenters. The van der Waals surface area contributed by atoms with E-state index in [9.17, 15) is 4.79 Å². The van der Waals surface area contributed by atoms with Crippen LogP contribution in [0.1, 0.15) is 25.7 Å². The number of para-hydroxylation sites is 1. The molecule has 128 valence electrons. The van der Waals surface area contributed by atoms with Crippen molar-refractivity contribution in [3.05, 3.63) is 36.2 Å². The highest BCUT2D eigenvalue weighted by Gasteiger charge is 2.24. The van der Waals surface area contributed by atoms with Crippen LogP contribution in [-0.4, -0.2) is 53.8 Å². The second-order valence-corrected chi connectivity index (χ2v) is 6.05. The van der Waals surface area contributed by atoms with Crippen molar-refractivity contribution >= 4 is 11.9 Å². The number of aromatic nitrogens is 2. The average molecular weight is 330 g/mol. The molecule has 0 spiro atoms. The van der Waals surface area contributed by atoms with Gasteiger partial charge in [0.1, 0.15) is 5.75 Å². The van der Waals surface area contributed by atoms with Crippen molar-refractivity contribution in [1.29, 1.82) is 0 Å². The molecule has 1 saturated heterocycles. The molecule has 1 aromatic heterocycles. The van der Waals surface area contributed by atoms with E-state index < -0.39 is 0 Å².